The third kappa shape index (κ3) is 5.27. The van der Waals surface area contributed by atoms with Gasteiger partial charge >= 0.3 is 0 Å². The molecule has 6 nitrogen and oxygen atoms in total. The molecule has 33 heavy (non-hydrogen) atoms. The number of rotatable bonds is 8. The summed E-state index contributed by atoms with van der Waals surface area (Å²) in [5.74, 6) is 0.769. The Morgan fingerprint density at radius 2 is 1.76 bits per heavy atom. The number of piperazine rings is 1. The van der Waals surface area contributed by atoms with E-state index in [-0.39, 0.29) is 24.5 Å². The second-order valence-electron chi connectivity index (χ2n) is 10.3. The van der Waals surface area contributed by atoms with E-state index in [1.165, 1.54) is 32.1 Å². The molecule has 2 N–H and O–H groups in total. The van der Waals surface area contributed by atoms with Crippen molar-refractivity contribution in [3.8, 4) is 0 Å². The third-order valence-electron chi connectivity index (χ3n) is 8.20. The zero-order chi connectivity index (χ0) is 23.3. The Kier molecular flexibility index (Phi) is 8.07. The SMILES string of the molecule is CCCCN1C(=O)[C@H](CC2CCCCC2)NC(=O)C12CCN(Cc1ccccc1CO)CC2. The molecule has 0 unspecified atom stereocenters. The van der Waals surface area contributed by atoms with E-state index < -0.39 is 5.54 Å². The first kappa shape index (κ1) is 24.2. The molecule has 2 heterocycles. The summed E-state index contributed by atoms with van der Waals surface area (Å²) < 4.78 is 0. The number of carbonyl (C=O) groups is 2. The maximum atomic E-state index is 13.6. The van der Waals surface area contributed by atoms with Crippen molar-refractivity contribution >= 4 is 11.8 Å². The van der Waals surface area contributed by atoms with Crippen LogP contribution in [-0.2, 0) is 22.7 Å². The number of piperidine rings is 1. The van der Waals surface area contributed by atoms with E-state index >= 15 is 0 Å². The molecular weight excluding hydrogens is 414 g/mol. The number of hydrogen-bond donors (Lipinski definition) is 2. The third-order valence-corrected chi connectivity index (χ3v) is 8.20. The van der Waals surface area contributed by atoms with Gasteiger partial charge in [0.25, 0.3) is 0 Å². The van der Waals surface area contributed by atoms with Crippen LogP contribution in [-0.4, -0.2) is 57.9 Å². The minimum Gasteiger partial charge on any atom is -0.392 e. The van der Waals surface area contributed by atoms with Gasteiger partial charge in [-0.1, -0.05) is 69.7 Å². The summed E-state index contributed by atoms with van der Waals surface area (Å²) in [5.41, 5.74) is 1.39. The summed E-state index contributed by atoms with van der Waals surface area (Å²) in [6.45, 7) is 5.17. The van der Waals surface area contributed by atoms with Crippen LogP contribution in [0.5, 0.6) is 0 Å². The number of nitrogens with zero attached hydrogens (tertiary/aromatic N) is 2. The maximum absolute atomic E-state index is 13.6. The van der Waals surface area contributed by atoms with Gasteiger partial charge in [-0.3, -0.25) is 14.5 Å². The average Bonchev–Trinajstić information content (AvgIpc) is 2.85. The molecule has 1 saturated carbocycles. The van der Waals surface area contributed by atoms with Crippen molar-refractivity contribution in [3.63, 3.8) is 0 Å². The smallest absolute Gasteiger partial charge is 0.246 e. The van der Waals surface area contributed by atoms with Crippen LogP contribution in [0.15, 0.2) is 24.3 Å². The van der Waals surface area contributed by atoms with Gasteiger partial charge in [-0.15, -0.1) is 0 Å². The Bertz CT molecular complexity index is 813. The number of carbonyl (C=O) groups excluding carboxylic acids is 2. The molecule has 6 heteroatoms. The number of unbranched alkanes of at least 4 members (excludes halogenated alkanes) is 1. The van der Waals surface area contributed by atoms with Crippen LogP contribution < -0.4 is 5.32 Å². The van der Waals surface area contributed by atoms with E-state index in [9.17, 15) is 14.7 Å². The topological polar surface area (TPSA) is 72.9 Å². The van der Waals surface area contributed by atoms with E-state index in [0.717, 1.165) is 50.0 Å². The van der Waals surface area contributed by atoms with Crippen LogP contribution in [0.1, 0.15) is 82.3 Å². The number of nitrogens with one attached hydrogen (secondary N) is 1. The fraction of sp³-hybridized carbons (Fsp3) is 0.704. The molecule has 182 valence electrons. The molecule has 2 aliphatic heterocycles. The van der Waals surface area contributed by atoms with Gasteiger partial charge in [-0.2, -0.15) is 0 Å². The molecule has 1 aromatic rings. The molecule has 2 saturated heterocycles. The summed E-state index contributed by atoms with van der Waals surface area (Å²) in [6, 6.07) is 7.64. The van der Waals surface area contributed by atoms with E-state index in [1.807, 2.05) is 23.1 Å². The van der Waals surface area contributed by atoms with Gasteiger partial charge < -0.3 is 15.3 Å². The van der Waals surface area contributed by atoms with Crippen LogP contribution in [0.4, 0.5) is 0 Å². The lowest BCUT2D eigenvalue weighted by molar-refractivity contribution is -0.162. The van der Waals surface area contributed by atoms with E-state index in [4.69, 9.17) is 0 Å². The van der Waals surface area contributed by atoms with Crippen LogP contribution >= 0.6 is 0 Å². The number of aliphatic hydroxyl groups is 1. The first-order valence-electron chi connectivity index (χ1n) is 13.1. The standard InChI is InChI=1S/C27H41N3O3/c1-2-3-15-30-25(32)24(18-21-9-5-4-6-10-21)28-26(33)27(30)13-16-29(17-14-27)19-22-11-7-8-12-23(22)20-31/h7-8,11-12,21,24,31H,2-6,9-10,13-20H2,1H3,(H,28,33)/t24-/m0/s1. The molecule has 0 aromatic heterocycles. The molecule has 4 rings (SSSR count). The summed E-state index contributed by atoms with van der Waals surface area (Å²) >= 11 is 0. The second kappa shape index (κ2) is 11.0. The zero-order valence-electron chi connectivity index (χ0n) is 20.2. The van der Waals surface area contributed by atoms with Crippen molar-refractivity contribution < 1.29 is 14.7 Å². The van der Waals surface area contributed by atoms with Gasteiger partial charge in [0.15, 0.2) is 0 Å². The highest BCUT2D eigenvalue weighted by atomic mass is 16.3. The van der Waals surface area contributed by atoms with Gasteiger partial charge in [-0.25, -0.2) is 0 Å². The van der Waals surface area contributed by atoms with Gasteiger partial charge in [0.2, 0.25) is 11.8 Å². The molecule has 3 aliphatic rings. The molecule has 1 aliphatic carbocycles. The Morgan fingerprint density at radius 1 is 1.06 bits per heavy atom. The van der Waals surface area contributed by atoms with Crippen LogP contribution in [0.3, 0.4) is 0 Å². The monoisotopic (exact) mass is 455 g/mol. The minimum absolute atomic E-state index is 0.0397. The zero-order valence-corrected chi connectivity index (χ0v) is 20.2. The Balaban J connectivity index is 1.45. The first-order valence-corrected chi connectivity index (χ1v) is 13.1. The number of amides is 2. The summed E-state index contributed by atoms with van der Waals surface area (Å²) in [6.07, 6.45) is 10.3. The van der Waals surface area contributed by atoms with Crippen molar-refractivity contribution in [2.45, 2.75) is 95.9 Å². The Hall–Kier alpha value is -1.92. The average molecular weight is 456 g/mol. The minimum atomic E-state index is -0.706. The maximum Gasteiger partial charge on any atom is 0.246 e. The highest BCUT2D eigenvalue weighted by Crippen LogP contribution is 2.36. The Labute approximate surface area is 198 Å². The van der Waals surface area contributed by atoms with Gasteiger partial charge in [0.1, 0.15) is 11.6 Å². The van der Waals surface area contributed by atoms with Crippen molar-refractivity contribution in [3.05, 3.63) is 35.4 Å². The number of aliphatic hydroxyl groups excluding tert-OH is 1. The molecule has 0 radical (unpaired) electrons. The number of hydrogen-bond acceptors (Lipinski definition) is 4. The van der Waals surface area contributed by atoms with Gasteiger partial charge in [0, 0.05) is 26.2 Å². The molecule has 0 bridgehead atoms. The van der Waals surface area contributed by atoms with Crippen LogP contribution in [0, 0.1) is 5.92 Å². The largest absolute Gasteiger partial charge is 0.392 e. The summed E-state index contributed by atoms with van der Waals surface area (Å²) in [4.78, 5) is 31.5. The Morgan fingerprint density at radius 3 is 2.42 bits per heavy atom. The van der Waals surface area contributed by atoms with Gasteiger partial charge in [-0.05, 0) is 42.7 Å². The summed E-state index contributed by atoms with van der Waals surface area (Å²) in [7, 11) is 0. The lowest BCUT2D eigenvalue weighted by Gasteiger charge is -2.52. The van der Waals surface area contributed by atoms with Crippen molar-refractivity contribution in [1.29, 1.82) is 0 Å². The predicted molar refractivity (Wildman–Crippen MR) is 129 cm³/mol. The normalized spacial score (nSPS) is 24.3. The lowest BCUT2D eigenvalue weighted by atomic mass is 9.79. The quantitative estimate of drug-likeness (QED) is 0.628. The molecule has 1 aromatic carbocycles. The van der Waals surface area contributed by atoms with Crippen LogP contribution in [0.25, 0.3) is 0 Å². The molecule has 1 spiro atoms. The van der Waals surface area contributed by atoms with Crippen molar-refractivity contribution in [2.24, 2.45) is 5.92 Å². The first-order chi connectivity index (χ1) is 16.1. The highest BCUT2D eigenvalue weighted by molar-refractivity contribution is 6.00. The fourth-order valence-electron chi connectivity index (χ4n) is 6.12. The van der Waals surface area contributed by atoms with Gasteiger partial charge in [0.05, 0.1) is 6.61 Å². The highest BCUT2D eigenvalue weighted by Gasteiger charge is 2.53. The number of likely N-dealkylation sites (tertiary alicyclic amines) is 1. The fourth-order valence-corrected chi connectivity index (χ4v) is 6.12. The molecule has 3 fully saturated rings. The number of benzene rings is 1. The predicted octanol–water partition coefficient (Wildman–Crippen LogP) is 3.61. The molecular formula is C27H41N3O3. The van der Waals surface area contributed by atoms with Crippen molar-refractivity contribution in [2.75, 3.05) is 19.6 Å². The second-order valence-corrected chi connectivity index (χ2v) is 10.3. The molecule has 2 amide bonds. The molecule has 1 atom stereocenters. The summed E-state index contributed by atoms with van der Waals surface area (Å²) in [5, 5.41) is 12.8. The van der Waals surface area contributed by atoms with E-state index in [0.29, 0.717) is 25.3 Å². The van der Waals surface area contributed by atoms with E-state index in [2.05, 4.69) is 23.2 Å². The van der Waals surface area contributed by atoms with Crippen molar-refractivity contribution in [1.82, 2.24) is 15.1 Å². The van der Waals surface area contributed by atoms with Crippen LogP contribution in [0.2, 0.25) is 0 Å². The lowest BCUT2D eigenvalue weighted by Crippen LogP contribution is -2.73. The van der Waals surface area contributed by atoms with E-state index in [1.54, 1.807) is 0 Å².